The normalized spacial score (nSPS) is 15.1. The van der Waals surface area contributed by atoms with Gasteiger partial charge in [0.05, 0.1) is 15.4 Å². The van der Waals surface area contributed by atoms with Crippen molar-refractivity contribution in [2.24, 2.45) is 0 Å². The molecule has 2 aromatic carbocycles. The molecular formula is C30H23Cl2N7O2. The van der Waals surface area contributed by atoms with E-state index in [1.165, 1.54) is 16.4 Å². The first-order valence-electron chi connectivity index (χ1n) is 13.1. The summed E-state index contributed by atoms with van der Waals surface area (Å²) in [5, 5.41) is 8.78. The summed E-state index contributed by atoms with van der Waals surface area (Å²) in [5.74, 6) is 0.390. The number of nitrogens with zero attached hydrogens (tertiary/aromatic N) is 6. The zero-order valence-corrected chi connectivity index (χ0v) is 23.4. The van der Waals surface area contributed by atoms with Crippen molar-refractivity contribution in [1.82, 2.24) is 29.6 Å². The van der Waals surface area contributed by atoms with Crippen LogP contribution in [0.4, 0.5) is 11.6 Å². The fourth-order valence-electron chi connectivity index (χ4n) is 5.59. The zero-order chi connectivity index (χ0) is 28.3. The predicted octanol–water partition coefficient (Wildman–Crippen LogP) is 5.68. The smallest absolute Gasteiger partial charge is 0.282 e. The van der Waals surface area contributed by atoms with Gasteiger partial charge in [0.25, 0.3) is 5.56 Å². The third kappa shape index (κ3) is 4.42. The molecule has 4 heterocycles. The molecule has 0 atom stereocenters. The van der Waals surface area contributed by atoms with Gasteiger partial charge in [0, 0.05) is 55.3 Å². The lowest BCUT2D eigenvalue weighted by atomic mass is 9.86. The second-order valence-electron chi connectivity index (χ2n) is 10.5. The van der Waals surface area contributed by atoms with E-state index in [-0.39, 0.29) is 32.4 Å². The van der Waals surface area contributed by atoms with Crippen molar-refractivity contribution >= 4 is 51.6 Å². The van der Waals surface area contributed by atoms with Crippen molar-refractivity contribution in [3.63, 3.8) is 0 Å². The van der Waals surface area contributed by atoms with Gasteiger partial charge in [0.1, 0.15) is 16.9 Å². The van der Waals surface area contributed by atoms with Gasteiger partial charge in [0.2, 0.25) is 11.9 Å². The number of benzene rings is 2. The number of nitrogens with one attached hydrogen (secondary N) is 1. The Balaban J connectivity index is 1.33. The van der Waals surface area contributed by atoms with E-state index in [1.807, 2.05) is 11.0 Å². The van der Waals surface area contributed by atoms with Crippen LogP contribution in [0.3, 0.4) is 0 Å². The largest absolute Gasteiger partial charge is 0.338 e. The molecule has 1 fully saturated rings. The van der Waals surface area contributed by atoms with E-state index in [0.717, 1.165) is 30.6 Å². The number of pyridine rings is 1. The Hall–Kier alpha value is -4.34. The first kappa shape index (κ1) is 25.6. The molecule has 1 aliphatic carbocycles. The van der Waals surface area contributed by atoms with Crippen molar-refractivity contribution < 1.29 is 4.79 Å². The summed E-state index contributed by atoms with van der Waals surface area (Å²) < 4.78 is 1.19. The molecule has 7 rings (SSSR count). The van der Waals surface area contributed by atoms with E-state index in [2.05, 4.69) is 32.5 Å². The van der Waals surface area contributed by atoms with Crippen LogP contribution in [0, 0.1) is 0 Å². The fraction of sp³-hybridized carbons (Fsp3) is 0.200. The van der Waals surface area contributed by atoms with E-state index < -0.39 is 5.56 Å². The maximum absolute atomic E-state index is 13.6. The molecule has 1 saturated carbocycles. The third-order valence-electron chi connectivity index (χ3n) is 7.83. The van der Waals surface area contributed by atoms with E-state index in [0.29, 0.717) is 29.3 Å². The molecule has 0 saturated heterocycles. The van der Waals surface area contributed by atoms with Gasteiger partial charge >= 0.3 is 0 Å². The number of rotatable bonds is 4. The highest BCUT2D eigenvalue weighted by Gasteiger charge is 2.49. The lowest BCUT2D eigenvalue weighted by molar-refractivity contribution is -0.130. The third-order valence-corrected chi connectivity index (χ3v) is 8.44. The van der Waals surface area contributed by atoms with Crippen LogP contribution in [0.5, 0.6) is 0 Å². The van der Waals surface area contributed by atoms with Crippen LogP contribution in [0.1, 0.15) is 30.9 Å². The van der Waals surface area contributed by atoms with Crippen molar-refractivity contribution in [3.05, 3.63) is 98.6 Å². The van der Waals surface area contributed by atoms with Gasteiger partial charge in [-0.2, -0.15) is 9.78 Å². The molecule has 1 aliphatic heterocycles. The van der Waals surface area contributed by atoms with Gasteiger partial charge < -0.3 is 10.2 Å². The van der Waals surface area contributed by atoms with Crippen LogP contribution >= 0.6 is 23.2 Å². The van der Waals surface area contributed by atoms with Crippen LogP contribution in [-0.4, -0.2) is 42.1 Å². The Morgan fingerprint density at radius 1 is 1.05 bits per heavy atom. The Morgan fingerprint density at radius 2 is 1.80 bits per heavy atom. The number of carbonyl (C=O) groups is 1. The number of amides is 1. The lowest BCUT2D eigenvalue weighted by Crippen LogP contribution is -2.40. The van der Waals surface area contributed by atoms with Gasteiger partial charge in [-0.05, 0) is 60.4 Å². The first-order valence-corrected chi connectivity index (χ1v) is 13.9. The Bertz CT molecular complexity index is 1900. The number of aromatic nitrogens is 5. The molecule has 11 heteroatoms. The molecule has 41 heavy (non-hydrogen) atoms. The number of halogens is 2. The first-order chi connectivity index (χ1) is 19.8. The average molecular weight is 584 g/mol. The van der Waals surface area contributed by atoms with Gasteiger partial charge in [-0.3, -0.25) is 14.6 Å². The summed E-state index contributed by atoms with van der Waals surface area (Å²) >= 11 is 12.9. The van der Waals surface area contributed by atoms with Crippen LogP contribution < -0.4 is 10.9 Å². The average Bonchev–Trinajstić information content (AvgIpc) is 3.73. The van der Waals surface area contributed by atoms with Crippen LogP contribution in [0.15, 0.2) is 71.9 Å². The van der Waals surface area contributed by atoms with Crippen molar-refractivity contribution in [3.8, 4) is 16.9 Å². The van der Waals surface area contributed by atoms with Gasteiger partial charge in [-0.25, -0.2) is 9.97 Å². The summed E-state index contributed by atoms with van der Waals surface area (Å²) in [6.45, 7) is 2.96. The second-order valence-corrected chi connectivity index (χ2v) is 11.3. The zero-order valence-electron chi connectivity index (χ0n) is 21.9. The summed E-state index contributed by atoms with van der Waals surface area (Å²) in [6, 6.07) is 14.8. The van der Waals surface area contributed by atoms with Crippen LogP contribution in [0.25, 0.3) is 27.8 Å². The Labute approximate surface area is 244 Å². The van der Waals surface area contributed by atoms with Gasteiger partial charge in [0.15, 0.2) is 0 Å². The number of fused-ring (bicyclic) bond motifs is 3. The molecule has 1 spiro atoms. The molecule has 1 N–H and O–H groups in total. The highest BCUT2D eigenvalue weighted by molar-refractivity contribution is 6.37. The van der Waals surface area contributed by atoms with Crippen LogP contribution in [-0.2, 0) is 16.8 Å². The summed E-state index contributed by atoms with van der Waals surface area (Å²) in [7, 11) is 0. The Morgan fingerprint density at radius 3 is 2.51 bits per heavy atom. The molecule has 0 radical (unpaired) electrons. The second kappa shape index (κ2) is 9.64. The molecule has 2 aliphatic rings. The number of para-hydroxylation sites is 1. The predicted molar refractivity (Wildman–Crippen MR) is 158 cm³/mol. The molecule has 204 valence electrons. The van der Waals surface area contributed by atoms with Crippen molar-refractivity contribution in [2.45, 2.75) is 31.7 Å². The van der Waals surface area contributed by atoms with E-state index in [9.17, 15) is 9.59 Å². The highest BCUT2D eigenvalue weighted by atomic mass is 35.5. The molecule has 9 nitrogen and oxygen atoms in total. The topological polar surface area (TPSA) is 106 Å². The maximum atomic E-state index is 13.6. The van der Waals surface area contributed by atoms with E-state index in [4.69, 9.17) is 28.2 Å². The van der Waals surface area contributed by atoms with E-state index >= 15 is 0 Å². The molecule has 5 aromatic rings. The minimum absolute atomic E-state index is 0.0762. The number of hydrogen-bond acceptors (Lipinski definition) is 7. The minimum atomic E-state index is -0.452. The SMILES string of the molecule is CC(=O)N1Cc2cc(Nc3ncc4c(=O)n(-c5c(Cl)cccc5Cl)nc(-c5ccncc5)c4n3)ccc2C2(CC2)C1. The quantitative estimate of drug-likeness (QED) is 0.290. The maximum Gasteiger partial charge on any atom is 0.282 e. The lowest BCUT2D eigenvalue weighted by Gasteiger charge is -2.34. The molecular weight excluding hydrogens is 561 g/mol. The summed E-state index contributed by atoms with van der Waals surface area (Å²) in [5.41, 5.74) is 4.65. The minimum Gasteiger partial charge on any atom is -0.338 e. The number of hydrogen-bond donors (Lipinski definition) is 1. The van der Waals surface area contributed by atoms with E-state index in [1.54, 1.807) is 49.6 Å². The van der Waals surface area contributed by atoms with Crippen molar-refractivity contribution in [1.29, 1.82) is 0 Å². The molecule has 3 aromatic heterocycles. The Kier molecular flexibility index (Phi) is 6.02. The number of anilines is 2. The standard InChI is InChI=1S/C30H23Cl2N7O2/c1-17(40)38-15-19-13-20(5-6-22(19)30(16-38)9-10-30)35-29-34-14-21-26(36-29)25(18-7-11-33-12-8-18)37-39(28(21)41)27-23(31)3-2-4-24(27)32/h2-8,11-14H,9-10,15-16H2,1H3,(H,34,35,36). The molecule has 0 bridgehead atoms. The van der Waals surface area contributed by atoms with Crippen molar-refractivity contribution in [2.75, 3.05) is 11.9 Å². The fourth-order valence-corrected chi connectivity index (χ4v) is 6.15. The summed E-state index contributed by atoms with van der Waals surface area (Å²) in [6.07, 6.45) is 6.95. The van der Waals surface area contributed by atoms with Gasteiger partial charge in [-0.15, -0.1) is 0 Å². The monoisotopic (exact) mass is 583 g/mol. The van der Waals surface area contributed by atoms with Gasteiger partial charge in [-0.1, -0.05) is 35.3 Å². The van der Waals surface area contributed by atoms with Crippen LogP contribution in [0.2, 0.25) is 10.0 Å². The highest BCUT2D eigenvalue weighted by Crippen LogP contribution is 2.52. The molecule has 1 amide bonds. The molecule has 0 unspecified atom stereocenters. The number of carbonyl (C=O) groups excluding carboxylic acids is 1. The summed E-state index contributed by atoms with van der Waals surface area (Å²) in [4.78, 5) is 41.1.